The summed E-state index contributed by atoms with van der Waals surface area (Å²) in [5.41, 5.74) is 3.54. The van der Waals surface area contributed by atoms with Gasteiger partial charge in [-0.1, -0.05) is 55.0 Å². The Morgan fingerprint density at radius 3 is 2.64 bits per heavy atom. The van der Waals surface area contributed by atoms with Gasteiger partial charge in [-0.2, -0.15) is 0 Å². The number of anilines is 1. The van der Waals surface area contributed by atoms with Crippen molar-refractivity contribution in [3.63, 3.8) is 0 Å². The molecule has 0 bridgehead atoms. The largest absolute Gasteiger partial charge is 0.463 e. The number of urea groups is 1. The van der Waals surface area contributed by atoms with Crippen molar-refractivity contribution in [3.05, 3.63) is 95.1 Å². The molecule has 1 aliphatic heterocycles. The summed E-state index contributed by atoms with van der Waals surface area (Å²) in [5.74, 6) is 5.91. The van der Waals surface area contributed by atoms with E-state index in [1.54, 1.807) is 48.5 Å². The Bertz CT molecular complexity index is 1460. The summed E-state index contributed by atoms with van der Waals surface area (Å²) in [6.45, 7) is 6.87. The number of hydrogen-bond acceptors (Lipinski definition) is 7. The van der Waals surface area contributed by atoms with Crippen LogP contribution in [0.4, 0.5) is 10.5 Å². The minimum absolute atomic E-state index is 0.411. The molecule has 3 aromatic rings. The molecule has 4 N–H and O–H groups in total. The number of rotatable bonds is 14. The quantitative estimate of drug-likeness (QED) is 0.131. The van der Waals surface area contributed by atoms with Crippen LogP contribution >= 0.6 is 0 Å². The van der Waals surface area contributed by atoms with Gasteiger partial charge in [0.15, 0.2) is 0 Å². The Morgan fingerprint density at radius 2 is 1.80 bits per heavy atom. The van der Waals surface area contributed by atoms with Gasteiger partial charge < -0.3 is 30.0 Å². The molecule has 45 heavy (non-hydrogen) atoms. The van der Waals surface area contributed by atoms with Crippen molar-refractivity contribution in [3.8, 4) is 17.6 Å². The highest BCUT2D eigenvalue weighted by Crippen LogP contribution is 2.32. The molecule has 3 aromatic carbocycles. The molecule has 0 spiro atoms. The molecule has 0 saturated carbocycles. The smallest absolute Gasteiger partial charge is 0.326 e. The first-order valence-electron chi connectivity index (χ1n) is 15.5. The first-order chi connectivity index (χ1) is 21.8. The first kappa shape index (κ1) is 33.7. The second-order valence-electron chi connectivity index (χ2n) is 11.3. The molecule has 1 atom stereocenters. The average molecular weight is 614 g/mol. The van der Waals surface area contributed by atoms with E-state index in [1.165, 1.54) is 0 Å². The van der Waals surface area contributed by atoms with E-state index in [1.807, 2.05) is 38.1 Å². The number of fused-ring (bicyclic) bond motifs is 1. The molecule has 1 aliphatic rings. The second kappa shape index (κ2) is 17.3. The second-order valence-corrected chi connectivity index (χ2v) is 11.3. The molecule has 3 amide bonds. The maximum atomic E-state index is 12.2. The van der Waals surface area contributed by atoms with Gasteiger partial charge >= 0.3 is 6.03 Å². The number of aliphatic hydroxyl groups is 1. The maximum absolute atomic E-state index is 12.2. The molecule has 0 unspecified atom stereocenters. The van der Waals surface area contributed by atoms with Crippen LogP contribution in [-0.2, 0) is 16.1 Å². The fraction of sp³-hybridized carbons (Fsp3) is 0.389. The maximum Gasteiger partial charge on any atom is 0.326 e. The number of carbonyl (C=O) groups excluding carboxylic acids is 2. The van der Waals surface area contributed by atoms with Crippen LogP contribution in [0.3, 0.4) is 0 Å². The van der Waals surface area contributed by atoms with Gasteiger partial charge in [-0.15, -0.1) is 0 Å². The van der Waals surface area contributed by atoms with Gasteiger partial charge in [-0.05, 0) is 67.4 Å². The summed E-state index contributed by atoms with van der Waals surface area (Å²) in [4.78, 5) is 24.3. The molecule has 238 valence electrons. The number of hydrogen-bond donors (Lipinski definition) is 4. The van der Waals surface area contributed by atoms with Crippen molar-refractivity contribution in [2.75, 3.05) is 31.6 Å². The lowest BCUT2D eigenvalue weighted by Crippen LogP contribution is -2.35. The molecule has 0 aliphatic carbocycles. The highest BCUT2D eigenvalue weighted by molar-refractivity contribution is 6.07. The summed E-state index contributed by atoms with van der Waals surface area (Å²) in [6, 6.07) is 20.9. The highest BCUT2D eigenvalue weighted by atomic mass is 16.7. The van der Waals surface area contributed by atoms with Crippen LogP contribution in [0.15, 0.2) is 72.8 Å². The molecule has 9 nitrogen and oxygen atoms in total. The number of aliphatic hydroxyl groups excluding tert-OH is 1. The van der Waals surface area contributed by atoms with Crippen LogP contribution in [0.2, 0.25) is 0 Å². The van der Waals surface area contributed by atoms with Crippen LogP contribution in [0, 0.1) is 11.8 Å². The summed E-state index contributed by atoms with van der Waals surface area (Å²) >= 11 is 0. The molecule has 0 fully saturated rings. The minimum atomic E-state index is -0.624. The van der Waals surface area contributed by atoms with Crippen LogP contribution < -0.4 is 20.7 Å². The molecule has 9 heteroatoms. The summed E-state index contributed by atoms with van der Waals surface area (Å²) < 4.78 is 17.2. The van der Waals surface area contributed by atoms with Crippen molar-refractivity contribution in [1.82, 2.24) is 10.6 Å². The van der Waals surface area contributed by atoms with E-state index in [9.17, 15) is 14.7 Å². The van der Waals surface area contributed by atoms with Crippen molar-refractivity contribution in [2.45, 2.75) is 64.4 Å². The van der Waals surface area contributed by atoms with E-state index in [-0.39, 0.29) is 0 Å². The van der Waals surface area contributed by atoms with E-state index in [0.29, 0.717) is 44.0 Å². The number of ether oxygens (including phenoxy) is 3. The van der Waals surface area contributed by atoms with Gasteiger partial charge in [-0.25, -0.2) is 4.79 Å². The first-order valence-corrected chi connectivity index (χ1v) is 15.5. The number of carbonyl (C=O) groups is 2. The standard InChI is InChI=1S/C36H43N3O6/c1-36(2)44-26-30-24-29(18-19-33(30)45-36)32(40)25-37-20-9-3-4-10-21-43-22-11-8-13-27-14-12-17-31(23-27)38-35(42)39-34(41)28-15-6-5-7-16-28/h5-7,12,14-19,23-24,32,37,40H,3-4,9-11,20-22,25-26H2,1-2H3,(H2,38,39,41,42)/t32-/m1/s1. The van der Waals surface area contributed by atoms with Gasteiger partial charge in [0.25, 0.3) is 5.91 Å². The third-order valence-electron chi connectivity index (χ3n) is 7.12. The number of benzene rings is 3. The zero-order valence-corrected chi connectivity index (χ0v) is 26.1. The fourth-order valence-electron chi connectivity index (χ4n) is 4.72. The summed E-state index contributed by atoms with van der Waals surface area (Å²) in [6.07, 6.45) is 4.25. The monoisotopic (exact) mass is 613 g/mol. The van der Waals surface area contributed by atoms with Crippen LogP contribution in [0.1, 0.15) is 79.1 Å². The van der Waals surface area contributed by atoms with Crippen LogP contribution in [-0.4, -0.2) is 49.1 Å². The predicted molar refractivity (Wildman–Crippen MR) is 174 cm³/mol. The fourth-order valence-corrected chi connectivity index (χ4v) is 4.72. The van der Waals surface area contributed by atoms with Gasteiger partial charge in [0.05, 0.1) is 19.3 Å². The van der Waals surface area contributed by atoms with E-state index in [4.69, 9.17) is 14.2 Å². The SMILES string of the molecule is CC1(C)OCc2cc([C@H](O)CNCCCCCCOCCC#Cc3cccc(NC(=O)NC(=O)c4ccccc4)c3)ccc2O1. The molecular weight excluding hydrogens is 570 g/mol. The van der Waals surface area contributed by atoms with E-state index in [0.717, 1.165) is 54.7 Å². The highest BCUT2D eigenvalue weighted by Gasteiger charge is 2.27. The Labute approximate surface area is 265 Å². The Balaban J connectivity index is 1.01. The predicted octanol–water partition coefficient (Wildman–Crippen LogP) is 5.94. The van der Waals surface area contributed by atoms with Crippen molar-refractivity contribution < 1.29 is 28.9 Å². The summed E-state index contributed by atoms with van der Waals surface area (Å²) in [7, 11) is 0. The number of nitrogens with one attached hydrogen (secondary N) is 3. The average Bonchev–Trinajstić information content (AvgIpc) is 3.03. The molecule has 0 saturated heterocycles. The molecule has 0 aromatic heterocycles. The van der Waals surface area contributed by atoms with Gasteiger partial charge in [-0.3, -0.25) is 10.1 Å². The zero-order chi connectivity index (χ0) is 31.9. The minimum Gasteiger partial charge on any atom is -0.463 e. The lowest BCUT2D eigenvalue weighted by molar-refractivity contribution is -0.180. The van der Waals surface area contributed by atoms with Gasteiger partial charge in [0.1, 0.15) is 5.75 Å². The van der Waals surface area contributed by atoms with E-state index < -0.39 is 23.8 Å². The Morgan fingerprint density at radius 1 is 0.978 bits per heavy atom. The molecule has 4 rings (SSSR count). The number of imide groups is 1. The summed E-state index contributed by atoms with van der Waals surface area (Å²) in [5, 5.41) is 18.9. The Hall–Kier alpha value is -4.20. The van der Waals surface area contributed by atoms with Crippen molar-refractivity contribution in [2.24, 2.45) is 0 Å². The van der Waals surface area contributed by atoms with E-state index in [2.05, 4.69) is 27.8 Å². The van der Waals surface area contributed by atoms with Crippen molar-refractivity contribution >= 4 is 17.6 Å². The lowest BCUT2D eigenvalue weighted by atomic mass is 10.0. The topological polar surface area (TPSA) is 118 Å². The molecule has 1 heterocycles. The third kappa shape index (κ3) is 11.7. The van der Waals surface area contributed by atoms with Crippen LogP contribution in [0.25, 0.3) is 0 Å². The number of unbranched alkanes of at least 4 members (excludes halogenated alkanes) is 3. The normalized spacial score (nSPS) is 13.8. The third-order valence-corrected chi connectivity index (χ3v) is 7.12. The zero-order valence-electron chi connectivity index (χ0n) is 26.1. The van der Waals surface area contributed by atoms with Crippen molar-refractivity contribution in [1.29, 1.82) is 0 Å². The molecular formula is C36H43N3O6. The van der Waals surface area contributed by atoms with Crippen LogP contribution in [0.5, 0.6) is 5.75 Å². The number of amides is 3. The van der Waals surface area contributed by atoms with E-state index >= 15 is 0 Å². The Kier molecular flexibility index (Phi) is 13.0. The molecule has 0 radical (unpaired) electrons. The van der Waals surface area contributed by atoms with Gasteiger partial charge in [0.2, 0.25) is 5.79 Å². The lowest BCUT2D eigenvalue weighted by Gasteiger charge is -2.33. The van der Waals surface area contributed by atoms with Gasteiger partial charge in [0, 0.05) is 55.8 Å².